The summed E-state index contributed by atoms with van der Waals surface area (Å²) in [6.45, 7) is 5.33. The monoisotopic (exact) mass is 401 g/mol. The summed E-state index contributed by atoms with van der Waals surface area (Å²) < 4.78 is 10.4. The summed E-state index contributed by atoms with van der Waals surface area (Å²) in [6.07, 6.45) is 0. The summed E-state index contributed by atoms with van der Waals surface area (Å²) >= 11 is 5.02. The van der Waals surface area contributed by atoms with Gasteiger partial charge < -0.3 is 14.8 Å². The van der Waals surface area contributed by atoms with Gasteiger partial charge in [-0.15, -0.1) is 0 Å². The number of hydrazine groups is 1. The fourth-order valence-electron chi connectivity index (χ4n) is 2.61. The van der Waals surface area contributed by atoms with Crippen molar-refractivity contribution in [3.05, 3.63) is 65.7 Å². The van der Waals surface area contributed by atoms with E-state index in [1.54, 1.807) is 7.11 Å². The van der Waals surface area contributed by atoms with Gasteiger partial charge in [-0.3, -0.25) is 15.6 Å². The van der Waals surface area contributed by atoms with Gasteiger partial charge in [0, 0.05) is 19.1 Å². The molecule has 2 aromatic rings. The van der Waals surface area contributed by atoms with Gasteiger partial charge >= 0.3 is 0 Å². The number of hydrogen-bond donors (Lipinski definition) is 3. The van der Waals surface area contributed by atoms with Crippen LogP contribution in [0.3, 0.4) is 0 Å². The van der Waals surface area contributed by atoms with E-state index in [2.05, 4.69) is 42.1 Å². The van der Waals surface area contributed by atoms with Gasteiger partial charge in [0.15, 0.2) is 11.7 Å². The van der Waals surface area contributed by atoms with Crippen molar-refractivity contribution in [2.24, 2.45) is 0 Å². The van der Waals surface area contributed by atoms with Crippen LogP contribution in [0.2, 0.25) is 0 Å². The molecule has 1 amide bonds. The largest absolute Gasteiger partial charge is 0.484 e. The molecule has 0 spiro atoms. The predicted molar refractivity (Wildman–Crippen MR) is 114 cm³/mol. The molecule has 0 fully saturated rings. The fourth-order valence-corrected chi connectivity index (χ4v) is 2.76. The predicted octanol–water partition coefficient (Wildman–Crippen LogP) is 2.53. The number of thiocarbonyl (C=S) groups is 1. The van der Waals surface area contributed by atoms with Crippen molar-refractivity contribution >= 4 is 23.2 Å². The minimum atomic E-state index is -0.329. The van der Waals surface area contributed by atoms with Crippen LogP contribution in [0.1, 0.15) is 25.0 Å². The smallest absolute Gasteiger partial charge is 0.276 e. The molecule has 0 saturated carbocycles. The average Bonchev–Trinajstić information content (AvgIpc) is 2.72. The van der Waals surface area contributed by atoms with E-state index < -0.39 is 0 Å². The number of rotatable bonds is 8. The van der Waals surface area contributed by atoms with Crippen LogP contribution in [0.4, 0.5) is 0 Å². The van der Waals surface area contributed by atoms with Crippen molar-refractivity contribution in [3.63, 3.8) is 0 Å². The van der Waals surface area contributed by atoms with E-state index in [9.17, 15) is 4.79 Å². The first-order valence-corrected chi connectivity index (χ1v) is 9.45. The number of hydrogen-bond acceptors (Lipinski definition) is 4. The molecule has 0 unspecified atom stereocenters. The average molecular weight is 402 g/mol. The molecule has 150 valence electrons. The minimum Gasteiger partial charge on any atom is -0.484 e. The highest BCUT2D eigenvalue weighted by atomic mass is 32.1. The van der Waals surface area contributed by atoms with Gasteiger partial charge in [0.05, 0.1) is 6.61 Å². The quantitative estimate of drug-likeness (QED) is 0.359. The van der Waals surface area contributed by atoms with Gasteiger partial charge in [0.1, 0.15) is 5.75 Å². The molecule has 0 heterocycles. The lowest BCUT2D eigenvalue weighted by molar-refractivity contribution is -0.123. The Kier molecular flexibility index (Phi) is 8.22. The summed E-state index contributed by atoms with van der Waals surface area (Å²) in [5, 5.41) is 3.20. The van der Waals surface area contributed by atoms with Crippen molar-refractivity contribution in [1.29, 1.82) is 0 Å². The number of carbonyl (C=O) groups excluding carboxylic acids is 1. The molecule has 0 bridgehead atoms. The fraction of sp³-hybridized carbons (Fsp3) is 0.333. The lowest BCUT2D eigenvalue weighted by Crippen LogP contribution is -2.48. The second-order valence-electron chi connectivity index (χ2n) is 6.73. The van der Waals surface area contributed by atoms with Crippen molar-refractivity contribution in [1.82, 2.24) is 16.2 Å². The second-order valence-corrected chi connectivity index (χ2v) is 7.13. The highest BCUT2D eigenvalue weighted by molar-refractivity contribution is 7.80. The molecule has 2 aromatic carbocycles. The molecule has 0 aliphatic rings. The molecule has 3 N–H and O–H groups in total. The highest BCUT2D eigenvalue weighted by Crippen LogP contribution is 2.32. The van der Waals surface area contributed by atoms with Crippen molar-refractivity contribution in [2.75, 3.05) is 26.9 Å². The molecular weight excluding hydrogens is 374 g/mol. The van der Waals surface area contributed by atoms with Crippen LogP contribution in [-0.2, 0) is 14.9 Å². The van der Waals surface area contributed by atoms with Crippen LogP contribution in [0.25, 0.3) is 0 Å². The number of ether oxygens (including phenoxy) is 2. The Balaban J connectivity index is 1.81. The van der Waals surface area contributed by atoms with E-state index >= 15 is 0 Å². The Bertz CT molecular complexity index is 764. The molecule has 0 aliphatic carbocycles. The van der Waals surface area contributed by atoms with Crippen LogP contribution in [0.15, 0.2) is 54.6 Å². The molecule has 0 saturated heterocycles. The summed E-state index contributed by atoms with van der Waals surface area (Å²) in [7, 11) is 1.60. The van der Waals surface area contributed by atoms with E-state index in [0.29, 0.717) is 24.0 Å². The third kappa shape index (κ3) is 6.51. The highest BCUT2D eigenvalue weighted by Gasteiger charge is 2.22. The molecule has 6 nitrogen and oxygen atoms in total. The van der Waals surface area contributed by atoms with E-state index in [4.69, 9.17) is 21.7 Å². The van der Waals surface area contributed by atoms with Crippen LogP contribution in [0.5, 0.6) is 5.75 Å². The Hall–Kier alpha value is -2.64. The first-order chi connectivity index (χ1) is 13.4. The zero-order valence-electron chi connectivity index (χ0n) is 16.5. The maximum atomic E-state index is 11.9. The van der Waals surface area contributed by atoms with Crippen molar-refractivity contribution in [2.45, 2.75) is 19.3 Å². The van der Waals surface area contributed by atoms with Gasteiger partial charge in [-0.25, -0.2) is 0 Å². The van der Waals surface area contributed by atoms with Crippen LogP contribution < -0.4 is 20.9 Å². The summed E-state index contributed by atoms with van der Waals surface area (Å²) in [5.41, 5.74) is 7.38. The summed E-state index contributed by atoms with van der Waals surface area (Å²) in [4.78, 5) is 11.9. The molecule has 0 aromatic heterocycles. The Morgan fingerprint density at radius 1 is 1.00 bits per heavy atom. The normalized spacial score (nSPS) is 10.8. The van der Waals surface area contributed by atoms with E-state index in [0.717, 1.165) is 0 Å². The van der Waals surface area contributed by atoms with Crippen LogP contribution in [-0.4, -0.2) is 37.9 Å². The lowest BCUT2D eigenvalue weighted by Gasteiger charge is -2.26. The maximum Gasteiger partial charge on any atom is 0.276 e. The van der Waals surface area contributed by atoms with Gasteiger partial charge in [-0.05, 0) is 35.5 Å². The zero-order chi connectivity index (χ0) is 20.4. The standard InChI is InChI=1S/C21H27N3O3S/c1-21(2,16-7-5-4-6-8-16)17-9-11-18(12-10-17)27-15-19(25)23-24-20(28)22-13-14-26-3/h4-12H,13-15H2,1-3H3,(H,23,25)(H2,22,24,28). The minimum absolute atomic E-state index is 0.116. The molecule has 0 radical (unpaired) electrons. The Labute approximate surface area is 171 Å². The molecule has 0 atom stereocenters. The number of methoxy groups -OCH3 is 1. The number of carbonyl (C=O) groups is 1. The molecular formula is C21H27N3O3S. The van der Waals surface area contributed by atoms with Crippen LogP contribution in [0, 0.1) is 0 Å². The van der Waals surface area contributed by atoms with Gasteiger partial charge in [-0.2, -0.15) is 0 Å². The third-order valence-corrected chi connectivity index (χ3v) is 4.60. The van der Waals surface area contributed by atoms with Gasteiger partial charge in [-0.1, -0.05) is 56.3 Å². The topological polar surface area (TPSA) is 71.6 Å². The summed E-state index contributed by atoms with van der Waals surface area (Å²) in [5.74, 6) is 0.299. The Morgan fingerprint density at radius 3 is 2.29 bits per heavy atom. The van der Waals surface area contributed by atoms with Crippen molar-refractivity contribution in [3.8, 4) is 5.75 Å². The van der Waals surface area contributed by atoms with E-state index in [1.807, 2.05) is 42.5 Å². The molecule has 28 heavy (non-hydrogen) atoms. The zero-order valence-corrected chi connectivity index (χ0v) is 17.3. The molecule has 2 rings (SSSR count). The SMILES string of the molecule is COCCNC(=S)NNC(=O)COc1ccc(C(C)(C)c2ccccc2)cc1. The lowest BCUT2D eigenvalue weighted by atomic mass is 9.78. The summed E-state index contributed by atoms with van der Waals surface area (Å²) in [6, 6.07) is 18.1. The first kappa shape index (κ1) is 21.7. The molecule has 0 aliphatic heterocycles. The van der Waals surface area contributed by atoms with E-state index in [1.165, 1.54) is 11.1 Å². The van der Waals surface area contributed by atoms with Gasteiger partial charge in [0.2, 0.25) is 0 Å². The number of amides is 1. The molecule has 7 heteroatoms. The Morgan fingerprint density at radius 2 is 1.64 bits per heavy atom. The van der Waals surface area contributed by atoms with Crippen LogP contribution >= 0.6 is 12.2 Å². The maximum absolute atomic E-state index is 11.9. The van der Waals surface area contributed by atoms with Crippen molar-refractivity contribution < 1.29 is 14.3 Å². The second kappa shape index (κ2) is 10.6. The van der Waals surface area contributed by atoms with E-state index in [-0.39, 0.29) is 17.9 Å². The number of nitrogens with one attached hydrogen (secondary N) is 3. The third-order valence-electron chi connectivity index (χ3n) is 4.35. The number of benzene rings is 2. The first-order valence-electron chi connectivity index (χ1n) is 9.04. The van der Waals surface area contributed by atoms with Gasteiger partial charge in [0.25, 0.3) is 5.91 Å².